The normalized spacial score (nSPS) is 12.5. The summed E-state index contributed by atoms with van der Waals surface area (Å²) >= 11 is 0. The quantitative estimate of drug-likeness (QED) is 0.568. The maximum Gasteiger partial charge on any atom is 0.167 e. The largest absolute Gasteiger partial charge is 0.313 e. The first-order chi connectivity index (χ1) is 7.40. The zero-order chi connectivity index (χ0) is 12.3. The highest BCUT2D eigenvalue weighted by Gasteiger charge is 2.13. The lowest BCUT2D eigenvalue weighted by Crippen LogP contribution is -2.09. The average molecular weight is 226 g/mol. The SMILES string of the molecule is [B]C(=O)C[C@H](C)Cc1cc(F)c(F)cc1F. The second-order valence-electron chi connectivity index (χ2n) is 3.84. The lowest BCUT2D eigenvalue weighted by atomic mass is 9.89. The van der Waals surface area contributed by atoms with Crippen LogP contribution in [0.2, 0.25) is 0 Å². The highest BCUT2D eigenvalue weighted by atomic mass is 19.2. The molecule has 0 N–H and O–H groups in total. The van der Waals surface area contributed by atoms with Crippen LogP contribution in [0.15, 0.2) is 12.1 Å². The molecule has 0 bridgehead atoms. The van der Waals surface area contributed by atoms with Crippen LogP contribution >= 0.6 is 0 Å². The Morgan fingerprint density at radius 3 is 2.38 bits per heavy atom. The fourth-order valence-corrected chi connectivity index (χ4v) is 1.51. The molecule has 0 heterocycles. The third-order valence-corrected chi connectivity index (χ3v) is 2.21. The molecule has 0 fully saturated rings. The van der Waals surface area contributed by atoms with Gasteiger partial charge in [0.15, 0.2) is 19.5 Å². The Balaban J connectivity index is 2.81. The number of carbonyl (C=O) groups excluding carboxylic acids is 1. The molecule has 1 rings (SSSR count). The van der Waals surface area contributed by atoms with Crippen molar-refractivity contribution < 1.29 is 18.0 Å². The van der Waals surface area contributed by atoms with E-state index in [2.05, 4.69) is 0 Å². The Kier molecular flexibility index (Phi) is 4.15. The van der Waals surface area contributed by atoms with Crippen LogP contribution in [0.1, 0.15) is 18.9 Å². The maximum atomic E-state index is 13.2. The van der Waals surface area contributed by atoms with Crippen molar-refractivity contribution in [2.24, 2.45) is 5.92 Å². The van der Waals surface area contributed by atoms with Crippen LogP contribution in [-0.2, 0) is 11.2 Å². The van der Waals surface area contributed by atoms with E-state index >= 15 is 0 Å². The molecule has 16 heavy (non-hydrogen) atoms. The molecule has 1 aromatic rings. The first-order valence-electron chi connectivity index (χ1n) is 4.82. The summed E-state index contributed by atoms with van der Waals surface area (Å²) in [5.74, 6) is -3.33. The van der Waals surface area contributed by atoms with Crippen LogP contribution in [0.3, 0.4) is 0 Å². The summed E-state index contributed by atoms with van der Waals surface area (Å²) < 4.78 is 38.7. The first-order valence-corrected chi connectivity index (χ1v) is 4.82. The van der Waals surface area contributed by atoms with Crippen molar-refractivity contribution >= 4 is 13.5 Å². The van der Waals surface area contributed by atoms with Crippen LogP contribution in [0.5, 0.6) is 0 Å². The molecule has 0 spiro atoms. The Morgan fingerprint density at radius 1 is 1.25 bits per heavy atom. The van der Waals surface area contributed by atoms with Gasteiger partial charge in [-0.2, -0.15) is 0 Å². The number of hydrogen-bond acceptors (Lipinski definition) is 1. The molecule has 2 radical (unpaired) electrons. The van der Waals surface area contributed by atoms with Gasteiger partial charge in [-0.15, -0.1) is 0 Å². The Morgan fingerprint density at radius 2 is 1.81 bits per heavy atom. The molecule has 0 aliphatic carbocycles. The van der Waals surface area contributed by atoms with Gasteiger partial charge < -0.3 is 4.79 Å². The molecule has 0 aliphatic heterocycles. The molecule has 0 aromatic heterocycles. The zero-order valence-corrected chi connectivity index (χ0v) is 8.77. The Hall–Kier alpha value is -1.26. The minimum Gasteiger partial charge on any atom is -0.313 e. The van der Waals surface area contributed by atoms with E-state index in [-0.39, 0.29) is 24.3 Å². The van der Waals surface area contributed by atoms with E-state index in [1.807, 2.05) is 0 Å². The van der Waals surface area contributed by atoms with E-state index in [0.29, 0.717) is 6.07 Å². The molecule has 0 amide bonds. The average Bonchev–Trinajstić information content (AvgIpc) is 2.12. The zero-order valence-electron chi connectivity index (χ0n) is 8.77. The fraction of sp³-hybridized carbons (Fsp3) is 0.364. The number of hydrogen-bond donors (Lipinski definition) is 0. The Bertz CT molecular complexity index is 406. The topological polar surface area (TPSA) is 17.1 Å². The fourth-order valence-electron chi connectivity index (χ4n) is 1.51. The molecule has 1 nitrogen and oxygen atoms in total. The van der Waals surface area contributed by atoms with Gasteiger partial charge in [-0.05, 0) is 30.4 Å². The van der Waals surface area contributed by atoms with Crippen molar-refractivity contribution in [3.05, 3.63) is 35.1 Å². The number of rotatable bonds is 4. The third kappa shape index (κ3) is 3.40. The van der Waals surface area contributed by atoms with E-state index in [4.69, 9.17) is 7.85 Å². The number of carbonyl (C=O) groups is 1. The second kappa shape index (κ2) is 5.19. The van der Waals surface area contributed by atoms with Crippen molar-refractivity contribution in [3.63, 3.8) is 0 Å². The van der Waals surface area contributed by atoms with E-state index in [0.717, 1.165) is 6.07 Å². The van der Waals surface area contributed by atoms with E-state index in [9.17, 15) is 18.0 Å². The van der Waals surface area contributed by atoms with Gasteiger partial charge in [-0.3, -0.25) is 0 Å². The molecular weight excluding hydrogens is 216 g/mol. The van der Waals surface area contributed by atoms with E-state index in [1.165, 1.54) is 0 Å². The molecule has 0 aliphatic rings. The summed E-state index contributed by atoms with van der Waals surface area (Å²) in [4.78, 5) is 10.6. The molecule has 0 saturated heterocycles. The summed E-state index contributed by atoms with van der Waals surface area (Å²) in [5.41, 5.74) is -0.455. The molecule has 0 saturated carbocycles. The summed E-state index contributed by atoms with van der Waals surface area (Å²) in [6.45, 7) is 1.69. The highest BCUT2D eigenvalue weighted by Crippen LogP contribution is 2.18. The minimum absolute atomic E-state index is 0.0488. The molecular formula is C11H10BF3O. The molecule has 5 heteroatoms. The number of benzene rings is 1. The van der Waals surface area contributed by atoms with Crippen LogP contribution < -0.4 is 0 Å². The molecule has 84 valence electrons. The molecule has 1 aromatic carbocycles. The lowest BCUT2D eigenvalue weighted by molar-refractivity contribution is -0.112. The standard InChI is InChI=1S/C11H10BF3O/c1-6(3-11(12)16)2-7-4-9(14)10(15)5-8(7)13/h4-6H,2-3H2,1H3/t6-/m1/s1. The van der Waals surface area contributed by atoms with Crippen molar-refractivity contribution in [2.45, 2.75) is 19.8 Å². The molecule has 1 atom stereocenters. The van der Waals surface area contributed by atoms with Crippen LogP contribution in [0, 0.1) is 23.4 Å². The predicted octanol–water partition coefficient (Wildman–Crippen LogP) is 2.37. The van der Waals surface area contributed by atoms with Crippen molar-refractivity contribution in [1.82, 2.24) is 0 Å². The van der Waals surface area contributed by atoms with Gasteiger partial charge in [-0.25, -0.2) is 13.2 Å². The predicted molar refractivity (Wildman–Crippen MR) is 54.6 cm³/mol. The molecule has 0 unspecified atom stereocenters. The highest BCUT2D eigenvalue weighted by molar-refractivity contribution is 6.57. The van der Waals surface area contributed by atoms with Gasteiger partial charge in [0, 0.05) is 6.07 Å². The summed E-state index contributed by atoms with van der Waals surface area (Å²) in [6.07, 6.45) is 0.227. The van der Waals surface area contributed by atoms with Gasteiger partial charge in [-0.1, -0.05) is 6.92 Å². The second-order valence-corrected chi connectivity index (χ2v) is 3.84. The van der Waals surface area contributed by atoms with E-state index < -0.39 is 23.1 Å². The smallest absolute Gasteiger partial charge is 0.167 e. The van der Waals surface area contributed by atoms with Crippen LogP contribution in [0.4, 0.5) is 13.2 Å². The number of halogens is 3. The van der Waals surface area contributed by atoms with Crippen molar-refractivity contribution in [2.75, 3.05) is 0 Å². The van der Waals surface area contributed by atoms with Gasteiger partial charge in [0.1, 0.15) is 5.82 Å². The third-order valence-electron chi connectivity index (χ3n) is 2.21. The minimum atomic E-state index is -1.22. The summed E-state index contributed by atoms with van der Waals surface area (Å²) in [5, 5.41) is 0. The first kappa shape index (κ1) is 12.8. The van der Waals surface area contributed by atoms with Crippen LogP contribution in [0.25, 0.3) is 0 Å². The maximum absolute atomic E-state index is 13.2. The summed E-state index contributed by atoms with van der Waals surface area (Å²) in [7, 11) is 4.97. The van der Waals surface area contributed by atoms with Gasteiger partial charge in [0.2, 0.25) is 0 Å². The van der Waals surface area contributed by atoms with Crippen molar-refractivity contribution in [1.29, 1.82) is 0 Å². The lowest BCUT2D eigenvalue weighted by Gasteiger charge is -2.10. The van der Waals surface area contributed by atoms with Crippen LogP contribution in [-0.4, -0.2) is 13.5 Å². The monoisotopic (exact) mass is 226 g/mol. The van der Waals surface area contributed by atoms with Gasteiger partial charge >= 0.3 is 0 Å². The Labute approximate surface area is 93.1 Å². The summed E-state index contributed by atoms with van der Waals surface area (Å²) in [6, 6.07) is 1.31. The van der Waals surface area contributed by atoms with Gasteiger partial charge in [0.05, 0.1) is 5.68 Å². The van der Waals surface area contributed by atoms with Gasteiger partial charge in [0.25, 0.3) is 0 Å². The van der Waals surface area contributed by atoms with E-state index in [1.54, 1.807) is 6.92 Å². The van der Waals surface area contributed by atoms with Crippen molar-refractivity contribution in [3.8, 4) is 0 Å².